The molecule has 0 saturated carbocycles. The Hall–Kier alpha value is -3.95. The summed E-state index contributed by atoms with van der Waals surface area (Å²) in [5.41, 5.74) is 0.473. The van der Waals surface area contributed by atoms with Gasteiger partial charge in [-0.1, -0.05) is 35.3 Å². The first-order valence-corrected chi connectivity index (χ1v) is 11.2. The number of ether oxygens (including phenoxy) is 1. The number of aliphatic hydroxyl groups is 1. The first-order chi connectivity index (χ1) is 17.2. The van der Waals surface area contributed by atoms with Gasteiger partial charge in [-0.15, -0.1) is 0 Å². The van der Waals surface area contributed by atoms with Gasteiger partial charge in [0.1, 0.15) is 11.5 Å². The van der Waals surface area contributed by atoms with Crippen LogP contribution in [0.2, 0.25) is 10.0 Å². The van der Waals surface area contributed by atoms with Crippen molar-refractivity contribution in [1.29, 1.82) is 0 Å². The van der Waals surface area contributed by atoms with Gasteiger partial charge in [0.05, 0.1) is 39.8 Å². The molecule has 1 aromatic heterocycles. The molecule has 1 atom stereocenters. The molecule has 0 aliphatic carbocycles. The number of ketones is 1. The molecule has 3 aromatic carbocycles. The number of aromatic amines is 1. The SMILES string of the molecule is COc1cccc(C2/C(=C(\O)c3ccc(Cl)c(Cl)c3)C(=O)C(=O)N2c2nc3cc(F)c(F)cc3[nH]2)c1. The molecule has 1 amide bonds. The molecule has 11 heteroatoms. The van der Waals surface area contributed by atoms with Gasteiger partial charge in [0.25, 0.3) is 5.78 Å². The number of aliphatic hydroxyl groups excluding tert-OH is 1. The van der Waals surface area contributed by atoms with Crippen molar-refractivity contribution < 1.29 is 28.2 Å². The van der Waals surface area contributed by atoms with Gasteiger partial charge in [0.15, 0.2) is 11.6 Å². The number of anilines is 1. The van der Waals surface area contributed by atoms with E-state index in [1.165, 1.54) is 25.3 Å². The first kappa shape index (κ1) is 23.8. The zero-order valence-electron chi connectivity index (χ0n) is 18.4. The van der Waals surface area contributed by atoms with Crippen LogP contribution in [0.4, 0.5) is 14.7 Å². The summed E-state index contributed by atoms with van der Waals surface area (Å²) in [6.07, 6.45) is 0. The highest BCUT2D eigenvalue weighted by molar-refractivity contribution is 6.51. The van der Waals surface area contributed by atoms with Crippen LogP contribution in [-0.2, 0) is 9.59 Å². The smallest absolute Gasteiger partial charge is 0.302 e. The average molecular weight is 530 g/mol. The number of hydrogen-bond donors (Lipinski definition) is 2. The number of amides is 1. The number of imidazole rings is 1. The Labute approximate surface area is 212 Å². The number of nitrogens with zero attached hydrogens (tertiary/aromatic N) is 2. The van der Waals surface area contributed by atoms with E-state index in [4.69, 9.17) is 27.9 Å². The molecule has 1 saturated heterocycles. The Morgan fingerprint density at radius 3 is 2.53 bits per heavy atom. The van der Waals surface area contributed by atoms with E-state index in [-0.39, 0.29) is 38.2 Å². The molecule has 4 aromatic rings. The maximum atomic E-state index is 13.8. The van der Waals surface area contributed by atoms with Crippen LogP contribution >= 0.6 is 23.2 Å². The molecule has 2 N–H and O–H groups in total. The van der Waals surface area contributed by atoms with Crippen molar-refractivity contribution in [2.24, 2.45) is 0 Å². The fraction of sp³-hybridized carbons (Fsp3) is 0.0800. The summed E-state index contributed by atoms with van der Waals surface area (Å²) in [7, 11) is 1.45. The summed E-state index contributed by atoms with van der Waals surface area (Å²) in [5, 5.41) is 11.5. The lowest BCUT2D eigenvalue weighted by atomic mass is 9.95. The van der Waals surface area contributed by atoms with Crippen molar-refractivity contribution in [2.75, 3.05) is 12.0 Å². The van der Waals surface area contributed by atoms with Gasteiger partial charge in [-0.2, -0.15) is 0 Å². The van der Waals surface area contributed by atoms with Gasteiger partial charge in [-0.25, -0.2) is 13.8 Å². The summed E-state index contributed by atoms with van der Waals surface area (Å²) < 4.78 is 32.8. The number of carbonyl (C=O) groups is 2. The van der Waals surface area contributed by atoms with Crippen LogP contribution in [-0.4, -0.2) is 33.9 Å². The number of Topliss-reactive ketones (excluding diaryl/α,β-unsaturated/α-hetero) is 1. The highest BCUT2D eigenvalue weighted by Crippen LogP contribution is 2.43. The third-order valence-corrected chi connectivity index (χ3v) is 6.53. The van der Waals surface area contributed by atoms with Crippen molar-refractivity contribution in [1.82, 2.24) is 9.97 Å². The van der Waals surface area contributed by atoms with E-state index >= 15 is 0 Å². The second kappa shape index (κ2) is 8.92. The van der Waals surface area contributed by atoms with Crippen LogP contribution < -0.4 is 9.64 Å². The minimum absolute atomic E-state index is 0.0414. The maximum absolute atomic E-state index is 13.8. The molecule has 0 radical (unpaired) electrons. The van der Waals surface area contributed by atoms with Crippen LogP contribution in [0, 0.1) is 11.6 Å². The molecule has 0 bridgehead atoms. The molecule has 1 aliphatic rings. The second-order valence-corrected chi connectivity index (χ2v) is 8.73. The number of fused-ring (bicyclic) bond motifs is 1. The summed E-state index contributed by atoms with van der Waals surface area (Å²) in [5.74, 6) is -4.43. The van der Waals surface area contributed by atoms with E-state index in [0.717, 1.165) is 17.0 Å². The van der Waals surface area contributed by atoms with E-state index in [1.807, 2.05) is 0 Å². The molecule has 36 heavy (non-hydrogen) atoms. The Kier molecular flexibility index (Phi) is 5.89. The van der Waals surface area contributed by atoms with Crippen molar-refractivity contribution in [3.63, 3.8) is 0 Å². The van der Waals surface area contributed by atoms with E-state index in [2.05, 4.69) is 9.97 Å². The van der Waals surface area contributed by atoms with Gasteiger partial charge in [-0.3, -0.25) is 14.5 Å². The molecular formula is C25H15Cl2F2N3O4. The average Bonchev–Trinajstić information content (AvgIpc) is 3.38. The fourth-order valence-corrected chi connectivity index (χ4v) is 4.38. The Morgan fingerprint density at radius 2 is 1.81 bits per heavy atom. The van der Waals surface area contributed by atoms with Gasteiger partial charge in [-0.05, 0) is 35.9 Å². The van der Waals surface area contributed by atoms with Crippen molar-refractivity contribution in [3.05, 3.63) is 93.0 Å². The number of rotatable bonds is 4. The zero-order chi connectivity index (χ0) is 25.7. The fourth-order valence-electron chi connectivity index (χ4n) is 4.08. The topological polar surface area (TPSA) is 95.5 Å². The predicted octanol–water partition coefficient (Wildman–Crippen LogP) is 5.78. The maximum Gasteiger partial charge on any atom is 0.302 e. The summed E-state index contributed by atoms with van der Waals surface area (Å²) in [4.78, 5) is 34.5. The quantitative estimate of drug-likeness (QED) is 0.198. The van der Waals surface area contributed by atoms with E-state index in [1.54, 1.807) is 24.3 Å². The molecule has 7 nitrogen and oxygen atoms in total. The molecule has 1 fully saturated rings. The van der Waals surface area contributed by atoms with Gasteiger partial charge in [0.2, 0.25) is 5.95 Å². The molecule has 1 aliphatic heterocycles. The molecule has 5 rings (SSSR count). The number of carbonyl (C=O) groups excluding carboxylic acids is 2. The van der Waals surface area contributed by atoms with Crippen LogP contribution in [0.3, 0.4) is 0 Å². The highest BCUT2D eigenvalue weighted by Gasteiger charge is 2.48. The normalized spacial score (nSPS) is 17.2. The third kappa shape index (κ3) is 3.86. The molecule has 182 valence electrons. The third-order valence-electron chi connectivity index (χ3n) is 5.79. The zero-order valence-corrected chi connectivity index (χ0v) is 19.9. The predicted molar refractivity (Wildman–Crippen MR) is 130 cm³/mol. The summed E-state index contributed by atoms with van der Waals surface area (Å²) >= 11 is 12.1. The number of hydrogen-bond acceptors (Lipinski definition) is 5. The van der Waals surface area contributed by atoms with E-state index < -0.39 is 35.1 Å². The van der Waals surface area contributed by atoms with Gasteiger partial charge < -0.3 is 14.8 Å². The number of H-pyrrole nitrogens is 1. The number of aromatic nitrogens is 2. The minimum atomic E-state index is -1.16. The summed E-state index contributed by atoms with van der Waals surface area (Å²) in [6.45, 7) is 0. The number of halogens is 4. The lowest BCUT2D eigenvalue weighted by Crippen LogP contribution is -2.30. The monoisotopic (exact) mass is 529 g/mol. The van der Waals surface area contributed by atoms with Gasteiger partial charge in [0, 0.05) is 17.7 Å². The van der Waals surface area contributed by atoms with Crippen LogP contribution in [0.25, 0.3) is 16.8 Å². The molecule has 2 heterocycles. The van der Waals surface area contributed by atoms with E-state index in [9.17, 15) is 23.5 Å². The standard InChI is InChI=1S/C25H15Cl2F2N3O4/c1-36-13-4-2-3-11(7-13)21-20(22(33)12-5-6-14(26)15(27)8-12)23(34)24(35)32(21)25-30-18-9-16(28)17(29)10-19(18)31-25/h2-10,21,33H,1H3,(H,30,31)/b22-20+. The van der Waals surface area contributed by atoms with Crippen LogP contribution in [0.1, 0.15) is 17.2 Å². The Bertz CT molecular complexity index is 1560. The van der Waals surface area contributed by atoms with Crippen LogP contribution in [0.5, 0.6) is 5.75 Å². The molecule has 0 spiro atoms. The second-order valence-electron chi connectivity index (χ2n) is 7.92. The highest BCUT2D eigenvalue weighted by atomic mass is 35.5. The first-order valence-electron chi connectivity index (χ1n) is 10.4. The van der Waals surface area contributed by atoms with E-state index in [0.29, 0.717) is 11.3 Å². The lowest BCUT2D eigenvalue weighted by Gasteiger charge is -2.23. The number of benzene rings is 3. The molecule has 1 unspecified atom stereocenters. The molecular weight excluding hydrogens is 515 g/mol. The minimum Gasteiger partial charge on any atom is -0.507 e. The van der Waals surface area contributed by atoms with Crippen molar-refractivity contribution in [3.8, 4) is 5.75 Å². The number of methoxy groups -OCH3 is 1. The van der Waals surface area contributed by atoms with Crippen molar-refractivity contribution in [2.45, 2.75) is 6.04 Å². The number of nitrogens with one attached hydrogen (secondary N) is 1. The summed E-state index contributed by atoms with van der Waals surface area (Å²) in [6, 6.07) is 11.4. The van der Waals surface area contributed by atoms with Crippen molar-refractivity contribution >= 4 is 57.6 Å². The van der Waals surface area contributed by atoms with Gasteiger partial charge >= 0.3 is 5.91 Å². The largest absolute Gasteiger partial charge is 0.507 e. The lowest BCUT2D eigenvalue weighted by molar-refractivity contribution is -0.132. The Morgan fingerprint density at radius 1 is 1.06 bits per heavy atom. The van der Waals surface area contributed by atoms with Crippen LogP contribution in [0.15, 0.2) is 60.2 Å². The Balaban J connectivity index is 1.75.